The summed E-state index contributed by atoms with van der Waals surface area (Å²) in [6, 6.07) is 19.0. The maximum absolute atomic E-state index is 12.1. The summed E-state index contributed by atoms with van der Waals surface area (Å²) in [5, 5.41) is 0.692. The minimum Gasteiger partial charge on any atom is -0.497 e. The number of methoxy groups -OCH3 is 1. The first-order chi connectivity index (χ1) is 11.6. The lowest BCUT2D eigenvalue weighted by Gasteiger charge is -2.09. The zero-order valence-corrected chi connectivity index (χ0v) is 14.2. The number of hydrogen-bond donors (Lipinski definition) is 0. The van der Waals surface area contributed by atoms with Crippen molar-refractivity contribution >= 4 is 11.6 Å². The Morgan fingerprint density at radius 1 is 0.958 bits per heavy atom. The normalized spacial score (nSPS) is 10.6. The van der Waals surface area contributed by atoms with Gasteiger partial charge in [-0.2, -0.15) is 0 Å². The van der Waals surface area contributed by atoms with Crippen LogP contribution in [-0.4, -0.2) is 11.7 Å². The number of pyridine rings is 1. The molecule has 0 aliphatic carbocycles. The third-order valence-electron chi connectivity index (χ3n) is 3.85. The second-order valence-electron chi connectivity index (χ2n) is 5.66. The Labute approximate surface area is 146 Å². The Morgan fingerprint density at radius 2 is 1.71 bits per heavy atom. The van der Waals surface area contributed by atoms with Crippen molar-refractivity contribution < 1.29 is 4.74 Å². The predicted octanol–water partition coefficient (Wildman–Crippen LogP) is 4.15. The van der Waals surface area contributed by atoms with Gasteiger partial charge >= 0.3 is 0 Å². The van der Waals surface area contributed by atoms with Crippen LogP contribution in [0.25, 0.3) is 0 Å². The maximum Gasteiger partial charge on any atom is 0.250 e. The van der Waals surface area contributed by atoms with Crippen LogP contribution < -0.4 is 10.3 Å². The van der Waals surface area contributed by atoms with Gasteiger partial charge in [0.25, 0.3) is 5.56 Å². The van der Waals surface area contributed by atoms with Gasteiger partial charge < -0.3 is 9.30 Å². The van der Waals surface area contributed by atoms with Gasteiger partial charge in [-0.1, -0.05) is 41.9 Å². The van der Waals surface area contributed by atoms with Crippen molar-refractivity contribution in [2.24, 2.45) is 0 Å². The fraction of sp³-hybridized carbons (Fsp3) is 0.150. The lowest BCUT2D eigenvalue weighted by Crippen LogP contribution is -2.19. The first-order valence-electron chi connectivity index (χ1n) is 7.71. The van der Waals surface area contributed by atoms with Crippen molar-refractivity contribution in [3.8, 4) is 5.75 Å². The number of benzene rings is 2. The molecule has 0 fully saturated rings. The van der Waals surface area contributed by atoms with Crippen LogP contribution in [0.1, 0.15) is 16.7 Å². The molecule has 0 aliphatic rings. The molecule has 24 heavy (non-hydrogen) atoms. The zero-order chi connectivity index (χ0) is 16.9. The molecule has 0 saturated heterocycles. The Morgan fingerprint density at radius 3 is 2.46 bits per heavy atom. The van der Waals surface area contributed by atoms with Crippen LogP contribution in [-0.2, 0) is 13.0 Å². The molecular weight excluding hydrogens is 322 g/mol. The summed E-state index contributed by atoms with van der Waals surface area (Å²) in [6.45, 7) is 0.530. The van der Waals surface area contributed by atoms with Crippen LogP contribution in [0, 0.1) is 0 Å². The Balaban J connectivity index is 1.82. The molecule has 0 N–H and O–H groups in total. The highest BCUT2D eigenvalue weighted by molar-refractivity contribution is 6.30. The number of rotatable bonds is 5. The van der Waals surface area contributed by atoms with E-state index >= 15 is 0 Å². The first kappa shape index (κ1) is 16.3. The van der Waals surface area contributed by atoms with E-state index in [4.69, 9.17) is 16.3 Å². The standard InChI is InChI=1S/C20H18ClNO2/c1-24-19-4-2-3-16(12-19)11-17-7-10-20(23)22(14-17)13-15-5-8-18(21)9-6-15/h2-10,12,14H,11,13H2,1H3. The van der Waals surface area contributed by atoms with Crippen molar-refractivity contribution in [3.05, 3.63) is 98.9 Å². The Kier molecular flexibility index (Phi) is 5.02. The van der Waals surface area contributed by atoms with E-state index in [9.17, 15) is 4.79 Å². The van der Waals surface area contributed by atoms with Gasteiger partial charge in [0.1, 0.15) is 5.75 Å². The monoisotopic (exact) mass is 339 g/mol. The summed E-state index contributed by atoms with van der Waals surface area (Å²) in [5.41, 5.74) is 3.25. The third kappa shape index (κ3) is 4.06. The Hall–Kier alpha value is -2.52. The molecule has 0 radical (unpaired) electrons. The van der Waals surface area contributed by atoms with Gasteiger partial charge in [0.2, 0.25) is 0 Å². The average Bonchev–Trinajstić information content (AvgIpc) is 2.60. The number of aromatic nitrogens is 1. The third-order valence-corrected chi connectivity index (χ3v) is 4.11. The summed E-state index contributed by atoms with van der Waals surface area (Å²) in [5.74, 6) is 0.835. The SMILES string of the molecule is COc1cccc(Cc2ccc(=O)n(Cc3ccc(Cl)cc3)c2)c1. The fourth-order valence-corrected chi connectivity index (χ4v) is 2.74. The van der Waals surface area contributed by atoms with Crippen LogP contribution in [0.3, 0.4) is 0 Å². The molecule has 1 heterocycles. The molecule has 0 saturated carbocycles. The molecule has 122 valence electrons. The van der Waals surface area contributed by atoms with E-state index in [-0.39, 0.29) is 5.56 Å². The van der Waals surface area contributed by atoms with E-state index in [1.54, 1.807) is 17.7 Å². The van der Waals surface area contributed by atoms with Crippen LogP contribution >= 0.6 is 11.6 Å². The zero-order valence-electron chi connectivity index (χ0n) is 13.4. The fourth-order valence-electron chi connectivity index (χ4n) is 2.61. The maximum atomic E-state index is 12.1. The van der Waals surface area contributed by atoms with Crippen LogP contribution in [0.15, 0.2) is 71.7 Å². The van der Waals surface area contributed by atoms with Gasteiger partial charge in [0.15, 0.2) is 0 Å². The topological polar surface area (TPSA) is 31.2 Å². The smallest absolute Gasteiger partial charge is 0.250 e. The molecule has 4 heteroatoms. The average molecular weight is 340 g/mol. The minimum atomic E-state index is -0.0145. The van der Waals surface area contributed by atoms with E-state index in [0.717, 1.165) is 28.9 Å². The van der Waals surface area contributed by atoms with E-state index in [1.165, 1.54) is 0 Å². The predicted molar refractivity (Wildman–Crippen MR) is 97.1 cm³/mol. The molecule has 3 aromatic rings. The van der Waals surface area contributed by atoms with E-state index < -0.39 is 0 Å². The van der Waals surface area contributed by atoms with Gasteiger partial charge in [0.05, 0.1) is 13.7 Å². The van der Waals surface area contributed by atoms with Crippen molar-refractivity contribution in [2.75, 3.05) is 7.11 Å². The number of halogens is 1. The van der Waals surface area contributed by atoms with Crippen LogP contribution in [0.2, 0.25) is 5.02 Å². The molecule has 0 unspecified atom stereocenters. The molecule has 0 spiro atoms. The first-order valence-corrected chi connectivity index (χ1v) is 8.08. The van der Waals surface area contributed by atoms with Gasteiger partial charge in [-0.15, -0.1) is 0 Å². The number of nitrogens with zero attached hydrogens (tertiary/aromatic N) is 1. The Bertz CT molecular complexity index is 885. The second-order valence-corrected chi connectivity index (χ2v) is 6.09. The summed E-state index contributed by atoms with van der Waals surface area (Å²) in [4.78, 5) is 12.1. The summed E-state index contributed by atoms with van der Waals surface area (Å²) < 4.78 is 6.98. The highest BCUT2D eigenvalue weighted by Gasteiger charge is 2.03. The van der Waals surface area contributed by atoms with Crippen LogP contribution in [0.4, 0.5) is 0 Å². The number of ether oxygens (including phenoxy) is 1. The van der Waals surface area contributed by atoms with Crippen molar-refractivity contribution in [2.45, 2.75) is 13.0 Å². The molecule has 0 bridgehead atoms. The van der Waals surface area contributed by atoms with E-state index in [1.807, 2.05) is 54.7 Å². The largest absolute Gasteiger partial charge is 0.497 e. The number of hydrogen-bond acceptors (Lipinski definition) is 2. The van der Waals surface area contributed by atoms with Crippen molar-refractivity contribution in [1.29, 1.82) is 0 Å². The molecule has 3 nitrogen and oxygen atoms in total. The van der Waals surface area contributed by atoms with E-state index in [0.29, 0.717) is 11.6 Å². The molecule has 1 aromatic heterocycles. The highest BCUT2D eigenvalue weighted by atomic mass is 35.5. The van der Waals surface area contributed by atoms with Crippen molar-refractivity contribution in [1.82, 2.24) is 4.57 Å². The van der Waals surface area contributed by atoms with Gasteiger partial charge in [-0.05, 0) is 47.4 Å². The second kappa shape index (κ2) is 7.37. The molecule has 0 amide bonds. The molecule has 0 atom stereocenters. The van der Waals surface area contributed by atoms with Crippen LogP contribution in [0.5, 0.6) is 5.75 Å². The minimum absolute atomic E-state index is 0.0145. The van der Waals surface area contributed by atoms with E-state index in [2.05, 4.69) is 6.07 Å². The molecule has 3 rings (SSSR count). The lowest BCUT2D eigenvalue weighted by molar-refractivity contribution is 0.414. The summed E-state index contributed by atoms with van der Waals surface area (Å²) >= 11 is 5.91. The lowest BCUT2D eigenvalue weighted by atomic mass is 10.1. The molecule has 0 aliphatic heterocycles. The van der Waals surface area contributed by atoms with Gasteiger partial charge in [0, 0.05) is 17.3 Å². The highest BCUT2D eigenvalue weighted by Crippen LogP contribution is 2.16. The van der Waals surface area contributed by atoms with Gasteiger partial charge in [-0.3, -0.25) is 4.79 Å². The molecule has 2 aromatic carbocycles. The van der Waals surface area contributed by atoms with Crippen molar-refractivity contribution in [3.63, 3.8) is 0 Å². The summed E-state index contributed by atoms with van der Waals surface area (Å²) in [7, 11) is 1.66. The molecular formula is C20H18ClNO2. The quantitative estimate of drug-likeness (QED) is 0.699. The summed E-state index contributed by atoms with van der Waals surface area (Å²) in [6.07, 6.45) is 2.66. The van der Waals surface area contributed by atoms with Gasteiger partial charge in [-0.25, -0.2) is 0 Å².